The van der Waals surface area contributed by atoms with E-state index in [-0.39, 0.29) is 17.5 Å². The molecule has 0 radical (unpaired) electrons. The third kappa shape index (κ3) is 3.32. The van der Waals surface area contributed by atoms with Gasteiger partial charge in [0.05, 0.1) is 5.56 Å². The monoisotopic (exact) mass is 345 g/mol. The lowest BCUT2D eigenvalue weighted by molar-refractivity contribution is 0.490. The van der Waals surface area contributed by atoms with Crippen molar-refractivity contribution in [1.29, 1.82) is 0 Å². The van der Waals surface area contributed by atoms with Gasteiger partial charge in [-0.15, -0.1) is 10.2 Å². The first-order chi connectivity index (χ1) is 12.8. The van der Waals surface area contributed by atoms with Crippen molar-refractivity contribution in [3.63, 3.8) is 0 Å². The summed E-state index contributed by atoms with van der Waals surface area (Å²) in [6.45, 7) is 0. The number of benzene rings is 3. The molecular formula is C21H16FN3O. The average Bonchev–Trinajstić information content (AvgIpc) is 3.17. The zero-order valence-electron chi connectivity index (χ0n) is 13.8. The first-order valence-electron chi connectivity index (χ1n) is 8.26. The van der Waals surface area contributed by atoms with E-state index in [2.05, 4.69) is 15.5 Å². The van der Waals surface area contributed by atoms with Gasteiger partial charge < -0.3 is 9.73 Å². The second kappa shape index (κ2) is 7.19. The fraction of sp³-hybridized carbons (Fsp3) is 0.0476. The molecule has 1 aromatic heterocycles. The minimum absolute atomic E-state index is 0.161. The van der Waals surface area contributed by atoms with Gasteiger partial charge in [-0.1, -0.05) is 60.7 Å². The molecule has 1 N–H and O–H groups in total. The molecule has 1 heterocycles. The van der Waals surface area contributed by atoms with E-state index in [1.165, 1.54) is 6.07 Å². The lowest BCUT2D eigenvalue weighted by atomic mass is 10.1. The van der Waals surface area contributed by atoms with Gasteiger partial charge in [0.25, 0.3) is 5.89 Å². The van der Waals surface area contributed by atoms with Crippen LogP contribution in [0.3, 0.4) is 0 Å². The normalized spacial score (nSPS) is 11.9. The van der Waals surface area contributed by atoms with Gasteiger partial charge in [-0.25, -0.2) is 4.39 Å². The van der Waals surface area contributed by atoms with Crippen LogP contribution in [-0.2, 0) is 0 Å². The second-order valence-corrected chi connectivity index (χ2v) is 5.78. The largest absolute Gasteiger partial charge is 0.418 e. The Morgan fingerprint density at radius 2 is 1.42 bits per heavy atom. The first-order valence-corrected chi connectivity index (χ1v) is 8.26. The molecule has 0 aliphatic carbocycles. The minimum atomic E-state index is -0.394. The molecule has 4 nitrogen and oxygen atoms in total. The van der Waals surface area contributed by atoms with Crippen molar-refractivity contribution in [2.75, 3.05) is 5.32 Å². The molecule has 0 aliphatic heterocycles. The molecule has 0 spiro atoms. The molecule has 0 bridgehead atoms. The van der Waals surface area contributed by atoms with Crippen LogP contribution in [0.15, 0.2) is 89.3 Å². The molecule has 128 valence electrons. The summed E-state index contributed by atoms with van der Waals surface area (Å²) in [6, 6.07) is 25.6. The highest BCUT2D eigenvalue weighted by molar-refractivity contribution is 5.53. The number of rotatable bonds is 5. The zero-order chi connectivity index (χ0) is 17.8. The molecule has 0 aliphatic rings. The lowest BCUT2D eigenvalue weighted by Crippen LogP contribution is -2.12. The zero-order valence-corrected chi connectivity index (χ0v) is 13.8. The van der Waals surface area contributed by atoms with Crippen molar-refractivity contribution in [1.82, 2.24) is 10.2 Å². The summed E-state index contributed by atoms with van der Waals surface area (Å²) >= 11 is 0. The highest BCUT2D eigenvalue weighted by Crippen LogP contribution is 2.29. The van der Waals surface area contributed by atoms with Crippen molar-refractivity contribution in [2.24, 2.45) is 0 Å². The fourth-order valence-corrected chi connectivity index (χ4v) is 2.73. The van der Waals surface area contributed by atoms with E-state index < -0.39 is 5.82 Å². The first kappa shape index (κ1) is 16.0. The molecule has 0 fully saturated rings. The van der Waals surface area contributed by atoms with Crippen LogP contribution in [-0.4, -0.2) is 10.2 Å². The van der Waals surface area contributed by atoms with Crippen LogP contribution in [0.25, 0.3) is 11.5 Å². The summed E-state index contributed by atoms with van der Waals surface area (Å²) in [4.78, 5) is 0. The summed E-state index contributed by atoms with van der Waals surface area (Å²) < 4.78 is 19.8. The van der Waals surface area contributed by atoms with Gasteiger partial charge in [-0.3, -0.25) is 0 Å². The summed E-state index contributed by atoms with van der Waals surface area (Å²) in [7, 11) is 0. The number of hydrogen-bond acceptors (Lipinski definition) is 4. The summed E-state index contributed by atoms with van der Waals surface area (Å²) in [5.41, 5.74) is 2.19. The van der Waals surface area contributed by atoms with Crippen LogP contribution in [0.5, 0.6) is 0 Å². The SMILES string of the molecule is Fc1ccccc1-c1nnc([C@@H](Nc2ccccc2)c2ccccc2)o1. The molecule has 0 unspecified atom stereocenters. The number of nitrogens with one attached hydrogen (secondary N) is 1. The molecule has 0 amide bonds. The van der Waals surface area contributed by atoms with Gasteiger partial charge in [-0.2, -0.15) is 0 Å². The van der Waals surface area contributed by atoms with E-state index in [1.807, 2.05) is 60.7 Å². The van der Waals surface area contributed by atoms with Crippen molar-refractivity contribution < 1.29 is 8.81 Å². The molecular weight excluding hydrogens is 329 g/mol. The van der Waals surface area contributed by atoms with Gasteiger partial charge in [0.15, 0.2) is 0 Å². The Hall–Kier alpha value is -3.47. The molecule has 0 saturated carbocycles. The van der Waals surface area contributed by atoms with E-state index in [1.54, 1.807) is 18.2 Å². The van der Waals surface area contributed by atoms with E-state index in [0.717, 1.165) is 11.3 Å². The maximum atomic E-state index is 14.0. The van der Waals surface area contributed by atoms with Gasteiger partial charge >= 0.3 is 0 Å². The fourth-order valence-electron chi connectivity index (χ4n) is 2.73. The van der Waals surface area contributed by atoms with Crippen LogP contribution in [0.4, 0.5) is 10.1 Å². The van der Waals surface area contributed by atoms with Crippen molar-refractivity contribution in [3.05, 3.63) is 102 Å². The summed E-state index contributed by atoms with van der Waals surface area (Å²) in [6.07, 6.45) is 0. The maximum Gasteiger partial charge on any atom is 0.250 e. The molecule has 26 heavy (non-hydrogen) atoms. The minimum Gasteiger partial charge on any atom is -0.418 e. The smallest absolute Gasteiger partial charge is 0.250 e. The van der Waals surface area contributed by atoms with Crippen molar-refractivity contribution >= 4 is 5.69 Å². The predicted octanol–water partition coefficient (Wildman–Crippen LogP) is 5.08. The number of hydrogen-bond donors (Lipinski definition) is 1. The Kier molecular flexibility index (Phi) is 4.43. The Labute approximate surface area is 150 Å². The third-order valence-corrected chi connectivity index (χ3v) is 4.01. The Balaban J connectivity index is 1.72. The highest BCUT2D eigenvalue weighted by atomic mass is 19.1. The molecule has 4 rings (SSSR count). The molecule has 0 saturated heterocycles. The molecule has 1 atom stereocenters. The Bertz CT molecular complexity index is 986. The Morgan fingerprint density at radius 3 is 2.15 bits per heavy atom. The Morgan fingerprint density at radius 1 is 0.769 bits per heavy atom. The third-order valence-electron chi connectivity index (χ3n) is 4.01. The molecule has 4 aromatic rings. The van der Waals surface area contributed by atoms with Crippen LogP contribution < -0.4 is 5.32 Å². The number of nitrogens with zero attached hydrogens (tertiary/aromatic N) is 2. The number of para-hydroxylation sites is 1. The van der Waals surface area contributed by atoms with E-state index >= 15 is 0 Å². The van der Waals surface area contributed by atoms with Crippen molar-refractivity contribution in [3.8, 4) is 11.5 Å². The number of anilines is 1. The maximum absolute atomic E-state index is 14.0. The van der Waals surface area contributed by atoms with Gasteiger partial charge in [0.1, 0.15) is 11.9 Å². The number of aromatic nitrogens is 2. The second-order valence-electron chi connectivity index (χ2n) is 5.78. The lowest BCUT2D eigenvalue weighted by Gasteiger charge is -2.16. The van der Waals surface area contributed by atoms with Crippen LogP contribution >= 0.6 is 0 Å². The van der Waals surface area contributed by atoms with Gasteiger partial charge in [-0.05, 0) is 29.8 Å². The average molecular weight is 345 g/mol. The molecule has 3 aromatic carbocycles. The standard InChI is InChI=1S/C21H16FN3O/c22-18-14-8-7-13-17(18)20-24-25-21(26-20)19(15-9-3-1-4-10-15)23-16-11-5-2-6-12-16/h1-14,19,23H/t19-/m0/s1. The number of halogens is 1. The van der Waals surface area contributed by atoms with Crippen LogP contribution in [0, 0.1) is 5.82 Å². The van der Waals surface area contributed by atoms with Crippen LogP contribution in [0.2, 0.25) is 0 Å². The summed E-state index contributed by atoms with van der Waals surface area (Å²) in [5, 5.41) is 11.6. The van der Waals surface area contributed by atoms with E-state index in [9.17, 15) is 4.39 Å². The van der Waals surface area contributed by atoms with Gasteiger partial charge in [0.2, 0.25) is 5.89 Å². The quantitative estimate of drug-likeness (QED) is 0.548. The van der Waals surface area contributed by atoms with Crippen LogP contribution in [0.1, 0.15) is 17.5 Å². The van der Waals surface area contributed by atoms with E-state index in [0.29, 0.717) is 5.89 Å². The van der Waals surface area contributed by atoms with E-state index in [4.69, 9.17) is 4.42 Å². The topological polar surface area (TPSA) is 51.0 Å². The van der Waals surface area contributed by atoms with Crippen molar-refractivity contribution in [2.45, 2.75) is 6.04 Å². The predicted molar refractivity (Wildman–Crippen MR) is 98.0 cm³/mol. The van der Waals surface area contributed by atoms with Gasteiger partial charge in [0, 0.05) is 5.69 Å². The summed E-state index contributed by atoms with van der Waals surface area (Å²) in [5.74, 6) is 0.141. The highest BCUT2D eigenvalue weighted by Gasteiger charge is 2.22. The molecule has 5 heteroatoms.